The summed E-state index contributed by atoms with van der Waals surface area (Å²) in [6, 6.07) is 7.83. The number of aromatic nitrogens is 4. The van der Waals surface area contributed by atoms with E-state index in [2.05, 4.69) is 27.3 Å². The van der Waals surface area contributed by atoms with E-state index in [9.17, 15) is 0 Å². The van der Waals surface area contributed by atoms with Gasteiger partial charge in [0, 0.05) is 19.5 Å². The molecule has 1 aromatic heterocycles. The van der Waals surface area contributed by atoms with Crippen LogP contribution >= 0.6 is 11.6 Å². The largest absolute Gasteiger partial charge is 0.492 e. The van der Waals surface area contributed by atoms with Crippen molar-refractivity contribution in [2.75, 3.05) is 19.7 Å². The molecule has 0 N–H and O–H groups in total. The lowest BCUT2D eigenvalue weighted by molar-refractivity contribution is 0.0961. The fraction of sp³-hybridized carbons (Fsp3) is 0.562. The third kappa shape index (κ3) is 3.82. The molecule has 0 radical (unpaired) electrons. The standard InChI is InChI=1S/C16H22ClN5O/c1-12(16-18-19-20-21(16)2)22-9-5-6-13(10-22)11-23-15-8-4-3-7-14(15)17/h3-4,7-8,12-13H,5-6,9-11H2,1-2H3/t12-,13-/m1/s1. The molecule has 0 aliphatic carbocycles. The van der Waals surface area contributed by atoms with Gasteiger partial charge in [-0.2, -0.15) is 0 Å². The van der Waals surface area contributed by atoms with Crippen molar-refractivity contribution in [2.24, 2.45) is 13.0 Å². The third-order valence-electron chi connectivity index (χ3n) is 4.44. The molecule has 0 saturated carbocycles. The van der Waals surface area contributed by atoms with Crippen LogP contribution in [0.15, 0.2) is 24.3 Å². The van der Waals surface area contributed by atoms with Gasteiger partial charge in [0.2, 0.25) is 0 Å². The summed E-state index contributed by atoms with van der Waals surface area (Å²) in [5, 5.41) is 12.5. The number of tetrazole rings is 1. The molecular formula is C16H22ClN5O. The molecule has 1 aliphatic heterocycles. The first-order chi connectivity index (χ1) is 11.1. The molecule has 1 saturated heterocycles. The Kier molecular flexibility index (Phi) is 5.13. The maximum Gasteiger partial charge on any atom is 0.167 e. The van der Waals surface area contributed by atoms with Crippen LogP contribution in [0.2, 0.25) is 5.02 Å². The highest BCUT2D eigenvalue weighted by atomic mass is 35.5. The highest BCUT2D eigenvalue weighted by Crippen LogP contribution is 2.27. The highest BCUT2D eigenvalue weighted by Gasteiger charge is 2.27. The first-order valence-electron chi connectivity index (χ1n) is 7.98. The van der Waals surface area contributed by atoms with Crippen LogP contribution in [-0.2, 0) is 7.05 Å². The van der Waals surface area contributed by atoms with E-state index in [0.717, 1.165) is 31.1 Å². The molecule has 3 rings (SSSR count). The van der Waals surface area contributed by atoms with Gasteiger partial charge in [0.05, 0.1) is 17.7 Å². The summed E-state index contributed by atoms with van der Waals surface area (Å²) in [4.78, 5) is 2.43. The average molecular weight is 336 g/mol. The predicted molar refractivity (Wildman–Crippen MR) is 88.5 cm³/mol. The molecule has 0 amide bonds. The number of benzene rings is 1. The van der Waals surface area contributed by atoms with Gasteiger partial charge in [-0.3, -0.25) is 4.90 Å². The number of aryl methyl sites for hydroxylation is 1. The molecule has 2 atom stereocenters. The SMILES string of the molecule is C[C@H](c1nnnn1C)N1CCC[C@@H](COc2ccccc2Cl)C1. The van der Waals surface area contributed by atoms with Crippen molar-refractivity contribution in [1.82, 2.24) is 25.1 Å². The summed E-state index contributed by atoms with van der Waals surface area (Å²) in [6.45, 7) is 4.89. The van der Waals surface area contributed by atoms with Crippen LogP contribution in [0.4, 0.5) is 0 Å². The Morgan fingerprint density at radius 3 is 2.96 bits per heavy atom. The van der Waals surface area contributed by atoms with Crippen LogP contribution in [0.3, 0.4) is 0 Å². The molecule has 124 valence electrons. The number of likely N-dealkylation sites (tertiary alicyclic amines) is 1. The van der Waals surface area contributed by atoms with E-state index in [1.165, 1.54) is 6.42 Å². The Labute approximate surface area is 141 Å². The smallest absolute Gasteiger partial charge is 0.167 e. The second kappa shape index (κ2) is 7.27. The Hall–Kier alpha value is -1.66. The molecule has 7 heteroatoms. The maximum atomic E-state index is 6.15. The molecule has 1 fully saturated rings. The summed E-state index contributed by atoms with van der Waals surface area (Å²) >= 11 is 6.15. The summed E-state index contributed by atoms with van der Waals surface area (Å²) in [5.41, 5.74) is 0. The number of nitrogens with zero attached hydrogens (tertiary/aromatic N) is 5. The van der Waals surface area contributed by atoms with Crippen molar-refractivity contribution < 1.29 is 4.74 Å². The van der Waals surface area contributed by atoms with Crippen molar-refractivity contribution in [3.63, 3.8) is 0 Å². The number of para-hydroxylation sites is 1. The molecule has 2 aromatic rings. The third-order valence-corrected chi connectivity index (χ3v) is 4.75. The molecule has 0 spiro atoms. The Morgan fingerprint density at radius 1 is 1.39 bits per heavy atom. The minimum absolute atomic E-state index is 0.207. The van der Waals surface area contributed by atoms with Crippen LogP contribution in [0, 0.1) is 5.92 Å². The first kappa shape index (κ1) is 16.2. The molecule has 2 heterocycles. The fourth-order valence-corrected chi connectivity index (χ4v) is 3.30. The van der Waals surface area contributed by atoms with E-state index in [1.807, 2.05) is 31.3 Å². The van der Waals surface area contributed by atoms with Gasteiger partial charge in [-0.25, -0.2) is 4.68 Å². The monoisotopic (exact) mass is 335 g/mol. The number of ether oxygens (including phenoxy) is 1. The van der Waals surface area contributed by atoms with Crippen LogP contribution < -0.4 is 4.74 Å². The van der Waals surface area contributed by atoms with Crippen LogP contribution in [-0.4, -0.2) is 44.8 Å². The van der Waals surface area contributed by atoms with E-state index in [0.29, 0.717) is 17.5 Å². The van der Waals surface area contributed by atoms with Gasteiger partial charge in [-0.15, -0.1) is 5.10 Å². The Morgan fingerprint density at radius 2 is 2.22 bits per heavy atom. The molecule has 1 aromatic carbocycles. The van der Waals surface area contributed by atoms with Crippen molar-refractivity contribution in [3.8, 4) is 5.75 Å². The van der Waals surface area contributed by atoms with E-state index < -0.39 is 0 Å². The van der Waals surface area contributed by atoms with Crippen molar-refractivity contribution >= 4 is 11.6 Å². The van der Waals surface area contributed by atoms with Gasteiger partial charge in [-0.05, 0) is 48.9 Å². The fourth-order valence-electron chi connectivity index (χ4n) is 3.11. The second-order valence-electron chi connectivity index (χ2n) is 6.08. The molecule has 0 unspecified atom stereocenters. The second-order valence-corrected chi connectivity index (χ2v) is 6.49. The zero-order chi connectivity index (χ0) is 16.2. The van der Waals surface area contributed by atoms with Crippen molar-refractivity contribution in [3.05, 3.63) is 35.1 Å². The summed E-state index contributed by atoms with van der Waals surface area (Å²) in [6.07, 6.45) is 2.33. The minimum atomic E-state index is 0.207. The van der Waals surface area contributed by atoms with E-state index in [4.69, 9.17) is 16.3 Å². The normalized spacial score (nSPS) is 20.4. The topological polar surface area (TPSA) is 56.1 Å². The van der Waals surface area contributed by atoms with Gasteiger partial charge < -0.3 is 4.74 Å². The number of hydrogen-bond donors (Lipinski definition) is 0. The quantitative estimate of drug-likeness (QED) is 0.841. The summed E-state index contributed by atoms with van der Waals surface area (Å²) < 4.78 is 7.66. The Bertz CT molecular complexity index is 647. The van der Waals surface area contributed by atoms with E-state index in [1.54, 1.807) is 4.68 Å². The molecule has 6 nitrogen and oxygen atoms in total. The molecule has 23 heavy (non-hydrogen) atoms. The predicted octanol–water partition coefficient (Wildman–Crippen LogP) is 2.72. The van der Waals surface area contributed by atoms with Crippen LogP contribution in [0.25, 0.3) is 0 Å². The number of rotatable bonds is 5. The first-order valence-corrected chi connectivity index (χ1v) is 8.36. The van der Waals surface area contributed by atoms with E-state index >= 15 is 0 Å². The lowest BCUT2D eigenvalue weighted by atomic mass is 9.97. The average Bonchev–Trinajstić information content (AvgIpc) is 3.00. The van der Waals surface area contributed by atoms with Crippen molar-refractivity contribution in [1.29, 1.82) is 0 Å². The molecule has 1 aliphatic rings. The van der Waals surface area contributed by atoms with Crippen molar-refractivity contribution in [2.45, 2.75) is 25.8 Å². The highest BCUT2D eigenvalue weighted by molar-refractivity contribution is 6.32. The van der Waals surface area contributed by atoms with Gasteiger partial charge in [0.15, 0.2) is 5.82 Å². The minimum Gasteiger partial charge on any atom is -0.492 e. The number of piperidine rings is 1. The number of halogens is 1. The van der Waals surface area contributed by atoms with E-state index in [-0.39, 0.29) is 6.04 Å². The molecule has 0 bridgehead atoms. The number of hydrogen-bond acceptors (Lipinski definition) is 5. The molecular weight excluding hydrogens is 314 g/mol. The lowest BCUT2D eigenvalue weighted by Crippen LogP contribution is -2.40. The van der Waals surface area contributed by atoms with Crippen LogP contribution in [0.5, 0.6) is 5.75 Å². The van der Waals surface area contributed by atoms with Gasteiger partial charge >= 0.3 is 0 Å². The zero-order valence-electron chi connectivity index (χ0n) is 13.5. The van der Waals surface area contributed by atoms with Gasteiger partial charge in [-0.1, -0.05) is 23.7 Å². The zero-order valence-corrected chi connectivity index (χ0v) is 14.3. The van der Waals surface area contributed by atoms with Gasteiger partial charge in [0.25, 0.3) is 0 Å². The summed E-state index contributed by atoms with van der Waals surface area (Å²) in [5.74, 6) is 2.15. The maximum absolute atomic E-state index is 6.15. The Balaban J connectivity index is 1.58. The van der Waals surface area contributed by atoms with Crippen LogP contribution in [0.1, 0.15) is 31.6 Å². The summed E-state index contributed by atoms with van der Waals surface area (Å²) in [7, 11) is 1.88. The lowest BCUT2D eigenvalue weighted by Gasteiger charge is -2.35. The van der Waals surface area contributed by atoms with Gasteiger partial charge in [0.1, 0.15) is 5.75 Å².